The molecule has 0 amide bonds. The van der Waals surface area contributed by atoms with Gasteiger partial charge in [-0.3, -0.25) is 0 Å². The molecule has 61 valence electrons. The van der Waals surface area contributed by atoms with Gasteiger partial charge < -0.3 is 0 Å². The lowest BCUT2D eigenvalue weighted by molar-refractivity contribution is 0.124. The van der Waals surface area contributed by atoms with Crippen LogP contribution in [0.25, 0.3) is 0 Å². The topological polar surface area (TPSA) is 0 Å². The summed E-state index contributed by atoms with van der Waals surface area (Å²) in [7, 11) is 0. The molecule has 0 N–H and O–H groups in total. The molecule has 0 spiro atoms. The minimum absolute atomic E-state index is 1.23. The molecule has 0 saturated carbocycles. The van der Waals surface area contributed by atoms with Crippen LogP contribution in [0.3, 0.4) is 0 Å². The van der Waals surface area contributed by atoms with E-state index in [4.69, 9.17) is 46.4 Å². The summed E-state index contributed by atoms with van der Waals surface area (Å²) in [6.07, 6.45) is 0. The first-order chi connectivity index (χ1) is 4.15. The summed E-state index contributed by atoms with van der Waals surface area (Å²) < 4.78 is 21.6. The molecule has 0 rings (SSSR count). The zero-order chi connectivity index (χ0) is 8.58. The third-order valence-electron chi connectivity index (χ3n) is 0.498. The summed E-state index contributed by atoms with van der Waals surface area (Å²) >= 11 is 24.2. The van der Waals surface area contributed by atoms with Crippen LogP contribution >= 0.6 is 58.0 Å². The van der Waals surface area contributed by atoms with Gasteiger partial charge in [0.1, 0.15) is 0 Å². The van der Waals surface area contributed by atoms with Crippen LogP contribution in [0.15, 0.2) is 0 Å². The van der Waals surface area contributed by atoms with Crippen molar-refractivity contribution in [1.82, 2.24) is 0 Å². The largest absolute Gasteiger partial charge is 0.346 e. The highest BCUT2D eigenvalue weighted by Crippen LogP contribution is 2.49. The molecular formula is C3Cl5F2. The third-order valence-corrected chi connectivity index (χ3v) is 2.16. The van der Waals surface area contributed by atoms with Gasteiger partial charge in [0.25, 0.3) is 0 Å². The van der Waals surface area contributed by atoms with Crippen LogP contribution in [0, 0.1) is 5.38 Å². The van der Waals surface area contributed by atoms with Crippen LogP contribution in [0.4, 0.5) is 8.78 Å². The molecule has 0 saturated heterocycles. The van der Waals surface area contributed by atoms with Gasteiger partial charge in [-0.05, 0) is 11.6 Å². The summed E-state index contributed by atoms with van der Waals surface area (Å²) in [4.78, 5) is 0. The van der Waals surface area contributed by atoms with Crippen molar-refractivity contribution < 1.29 is 8.78 Å². The van der Waals surface area contributed by atoms with Crippen molar-refractivity contribution in [3.63, 3.8) is 0 Å². The van der Waals surface area contributed by atoms with Crippen LogP contribution in [0.2, 0.25) is 0 Å². The molecular weight excluding hydrogens is 251 g/mol. The minimum Gasteiger partial charge on any atom is -0.186 e. The van der Waals surface area contributed by atoms with Gasteiger partial charge in [-0.15, -0.1) is 11.6 Å². The highest BCUT2D eigenvalue weighted by atomic mass is 35.6. The number of rotatable bonds is 1. The first kappa shape index (κ1) is 11.3. The predicted molar refractivity (Wildman–Crippen MR) is 40.2 cm³/mol. The molecule has 0 aliphatic heterocycles. The van der Waals surface area contributed by atoms with Gasteiger partial charge in [-0.1, -0.05) is 34.8 Å². The van der Waals surface area contributed by atoms with Crippen LogP contribution in [0.5, 0.6) is 0 Å². The van der Waals surface area contributed by atoms with Crippen molar-refractivity contribution in [2.24, 2.45) is 0 Å². The van der Waals surface area contributed by atoms with Crippen molar-refractivity contribution in [2.45, 2.75) is 9.17 Å². The predicted octanol–water partition coefficient (Wildman–Crippen LogP) is 3.96. The van der Waals surface area contributed by atoms with Crippen LogP contribution < -0.4 is 0 Å². The molecule has 0 aromatic rings. The summed E-state index contributed by atoms with van der Waals surface area (Å²) in [6.45, 7) is 0. The van der Waals surface area contributed by atoms with E-state index >= 15 is 0 Å². The zero-order valence-corrected chi connectivity index (χ0v) is 7.93. The lowest BCUT2D eigenvalue weighted by Gasteiger charge is -2.20. The zero-order valence-electron chi connectivity index (χ0n) is 4.15. The molecule has 0 aliphatic carbocycles. The second-order valence-electron chi connectivity index (χ2n) is 1.31. The average Bonchev–Trinajstić information content (AvgIpc) is 1.59. The Bertz CT molecular complexity index is 99.0. The minimum atomic E-state index is -3.80. The van der Waals surface area contributed by atoms with Crippen molar-refractivity contribution >= 4 is 58.0 Å². The van der Waals surface area contributed by atoms with Gasteiger partial charge in [-0.25, -0.2) is 0 Å². The fourth-order valence-electron chi connectivity index (χ4n) is 0.161. The van der Waals surface area contributed by atoms with Crippen LogP contribution in [-0.2, 0) is 0 Å². The van der Waals surface area contributed by atoms with E-state index in [0.29, 0.717) is 0 Å². The molecule has 0 aromatic heterocycles. The number of halogens is 7. The Kier molecular flexibility index (Phi) is 3.80. The fraction of sp³-hybridized carbons (Fsp3) is 0.667. The Hall–Kier alpha value is 1.31. The summed E-state index contributed by atoms with van der Waals surface area (Å²) in [5, 5.41) is -5.03. The van der Waals surface area contributed by atoms with Crippen LogP contribution in [-0.4, -0.2) is 9.17 Å². The molecule has 7 heteroatoms. The number of alkyl halides is 6. The molecule has 10 heavy (non-hydrogen) atoms. The van der Waals surface area contributed by atoms with Gasteiger partial charge in [0.15, 0.2) is 5.38 Å². The van der Waals surface area contributed by atoms with Crippen molar-refractivity contribution in [3.8, 4) is 0 Å². The maximum absolute atomic E-state index is 12.0. The van der Waals surface area contributed by atoms with Crippen LogP contribution in [0.1, 0.15) is 0 Å². The van der Waals surface area contributed by atoms with E-state index in [-0.39, 0.29) is 0 Å². The Morgan fingerprint density at radius 2 is 1.30 bits per heavy atom. The SMILES string of the molecule is FC(F)(Cl)[C](Cl)C(Cl)(Cl)Cl. The molecule has 0 nitrogen and oxygen atoms in total. The number of hydrogen-bond donors (Lipinski definition) is 0. The fourth-order valence-corrected chi connectivity index (χ4v) is 0.804. The smallest absolute Gasteiger partial charge is 0.186 e. The Balaban J connectivity index is 4.23. The van der Waals surface area contributed by atoms with Gasteiger partial charge in [0.2, 0.25) is 3.79 Å². The van der Waals surface area contributed by atoms with E-state index in [1.165, 1.54) is 0 Å². The molecule has 0 heterocycles. The molecule has 0 atom stereocenters. The Morgan fingerprint density at radius 1 is 1.00 bits per heavy atom. The van der Waals surface area contributed by atoms with E-state index in [1.54, 1.807) is 0 Å². The summed E-state index contributed by atoms with van der Waals surface area (Å²) in [6, 6.07) is 0. The molecule has 1 radical (unpaired) electrons. The molecule has 0 fully saturated rings. The Morgan fingerprint density at radius 3 is 1.30 bits per heavy atom. The lowest BCUT2D eigenvalue weighted by Crippen LogP contribution is -2.26. The van der Waals surface area contributed by atoms with E-state index in [9.17, 15) is 8.78 Å². The molecule has 0 aliphatic rings. The maximum Gasteiger partial charge on any atom is 0.346 e. The highest BCUT2D eigenvalue weighted by Gasteiger charge is 2.49. The van der Waals surface area contributed by atoms with E-state index in [0.717, 1.165) is 0 Å². The van der Waals surface area contributed by atoms with E-state index < -0.39 is 14.6 Å². The quantitative estimate of drug-likeness (QED) is 0.619. The number of hydrogen-bond acceptors (Lipinski definition) is 0. The first-order valence-corrected chi connectivity index (χ1v) is 3.71. The molecule has 0 unspecified atom stereocenters. The monoisotopic (exact) mass is 249 g/mol. The van der Waals surface area contributed by atoms with Crippen molar-refractivity contribution in [2.75, 3.05) is 0 Å². The maximum atomic E-state index is 12.0. The first-order valence-electron chi connectivity index (χ1n) is 1.82. The van der Waals surface area contributed by atoms with Gasteiger partial charge >= 0.3 is 5.38 Å². The van der Waals surface area contributed by atoms with Gasteiger partial charge in [0, 0.05) is 0 Å². The average molecular weight is 251 g/mol. The van der Waals surface area contributed by atoms with Gasteiger partial charge in [-0.2, -0.15) is 8.78 Å². The third kappa shape index (κ3) is 3.63. The van der Waals surface area contributed by atoms with Crippen molar-refractivity contribution in [3.05, 3.63) is 5.38 Å². The molecule has 0 bridgehead atoms. The second kappa shape index (κ2) is 3.36. The van der Waals surface area contributed by atoms with E-state index in [1.807, 2.05) is 0 Å². The summed E-state index contributed by atoms with van der Waals surface area (Å²) in [5.74, 6) is 0. The van der Waals surface area contributed by atoms with Gasteiger partial charge in [0.05, 0.1) is 0 Å². The second-order valence-corrected chi connectivity index (χ2v) is 4.44. The lowest BCUT2D eigenvalue weighted by atomic mass is 10.5. The highest BCUT2D eigenvalue weighted by molar-refractivity contribution is 6.72. The van der Waals surface area contributed by atoms with Crippen molar-refractivity contribution in [1.29, 1.82) is 0 Å². The molecule has 0 aromatic carbocycles. The Labute approximate surface area is 81.3 Å². The summed E-state index contributed by atoms with van der Waals surface area (Å²) in [5.41, 5.74) is 0. The van der Waals surface area contributed by atoms with E-state index in [2.05, 4.69) is 11.6 Å². The standard InChI is InChI=1S/C3Cl5F2/c4-1(2(5,6)7)3(8,9)10. The normalized spacial score (nSPS) is 14.4.